The second-order valence-electron chi connectivity index (χ2n) is 7.35. The molecule has 0 fully saturated rings. The molecule has 0 unspecified atom stereocenters. The van der Waals surface area contributed by atoms with Crippen LogP contribution in [0.1, 0.15) is 16.1 Å². The van der Waals surface area contributed by atoms with Gasteiger partial charge in [0.1, 0.15) is 6.33 Å². The smallest absolute Gasteiger partial charge is 0.305 e. The fraction of sp³-hybridized carbons (Fsp3) is 0.0435. The number of carbonyl (C=O) groups excluding carboxylic acids is 1. The van der Waals surface area contributed by atoms with Crippen LogP contribution >= 0.6 is 0 Å². The molecule has 1 N–H and O–H groups in total. The number of aromatic nitrogens is 8. The molecule has 13 heteroatoms. The molecule has 0 saturated heterocycles. The number of pyridine rings is 2. The summed E-state index contributed by atoms with van der Waals surface area (Å²) < 4.78 is 41.6. The van der Waals surface area contributed by atoms with Crippen molar-refractivity contribution < 1.29 is 18.0 Å². The first-order valence-electron chi connectivity index (χ1n) is 10.3. The molecular formula is C23H14F3N9O. The molecule has 0 bridgehead atoms. The lowest BCUT2D eigenvalue weighted by Crippen LogP contribution is -2.16. The Bertz CT molecular complexity index is 1510. The summed E-state index contributed by atoms with van der Waals surface area (Å²) in [5.74, 6) is -0.643. The number of anilines is 1. The fourth-order valence-electron chi connectivity index (χ4n) is 3.27. The number of amides is 1. The minimum Gasteiger partial charge on any atom is -0.305 e. The number of rotatable bonds is 5. The zero-order chi connectivity index (χ0) is 25.1. The second kappa shape index (κ2) is 9.29. The molecule has 5 heterocycles. The highest BCUT2D eigenvalue weighted by molar-refractivity contribution is 6.04. The van der Waals surface area contributed by atoms with Crippen molar-refractivity contribution in [2.45, 2.75) is 6.18 Å². The van der Waals surface area contributed by atoms with Gasteiger partial charge in [-0.1, -0.05) is 0 Å². The van der Waals surface area contributed by atoms with Crippen LogP contribution in [0.2, 0.25) is 0 Å². The van der Waals surface area contributed by atoms with Crippen molar-refractivity contribution in [3.8, 4) is 28.3 Å². The normalized spacial score (nSPS) is 11.3. The van der Waals surface area contributed by atoms with Gasteiger partial charge in [0.05, 0.1) is 11.4 Å². The maximum Gasteiger partial charge on any atom is 0.433 e. The lowest BCUT2D eigenvalue weighted by Gasteiger charge is -2.09. The Morgan fingerprint density at radius 1 is 0.861 bits per heavy atom. The average Bonchev–Trinajstić information content (AvgIpc) is 3.37. The highest BCUT2D eigenvalue weighted by Crippen LogP contribution is 2.33. The van der Waals surface area contributed by atoms with Crippen molar-refractivity contribution in [2.75, 3.05) is 5.32 Å². The third-order valence-electron chi connectivity index (χ3n) is 4.94. The van der Waals surface area contributed by atoms with E-state index in [4.69, 9.17) is 0 Å². The number of nitrogens with one attached hydrogen (secondary N) is 1. The lowest BCUT2D eigenvalue weighted by molar-refractivity contribution is -0.142. The number of hydrogen-bond acceptors (Lipinski definition) is 8. The van der Waals surface area contributed by atoms with E-state index in [1.165, 1.54) is 43.1 Å². The standard InChI is InChI=1S/C23H14F3N9O/c24-23(25,26)19-9-18(15-2-1-6-27-10-15)34-35(19)21-4-3-20(32-33-21)31-22(36)14-5-7-30-17(8-14)16-11-28-13-29-12-16/h1-13H,(H,31,32,36). The number of nitrogens with zero attached hydrogens (tertiary/aromatic N) is 8. The lowest BCUT2D eigenvalue weighted by atomic mass is 10.1. The van der Waals surface area contributed by atoms with Gasteiger partial charge in [-0.15, -0.1) is 10.2 Å². The van der Waals surface area contributed by atoms with Crippen LogP contribution in [0.3, 0.4) is 0 Å². The molecule has 5 aromatic rings. The summed E-state index contributed by atoms with van der Waals surface area (Å²) in [4.78, 5) is 28.7. The first kappa shape index (κ1) is 22.7. The van der Waals surface area contributed by atoms with Crippen LogP contribution in [-0.4, -0.2) is 45.8 Å². The average molecular weight is 489 g/mol. The van der Waals surface area contributed by atoms with E-state index in [1.807, 2.05) is 0 Å². The first-order chi connectivity index (χ1) is 17.4. The van der Waals surface area contributed by atoms with Crippen molar-refractivity contribution >= 4 is 11.7 Å². The minimum absolute atomic E-state index is 0.0401. The summed E-state index contributed by atoms with van der Waals surface area (Å²) in [6.45, 7) is 0. The molecule has 1 amide bonds. The van der Waals surface area contributed by atoms with Gasteiger partial charge >= 0.3 is 6.18 Å². The van der Waals surface area contributed by atoms with E-state index in [9.17, 15) is 18.0 Å². The van der Waals surface area contributed by atoms with Gasteiger partial charge < -0.3 is 5.32 Å². The Hall–Kier alpha value is -5.07. The molecule has 178 valence electrons. The Labute approximate surface area is 200 Å². The highest BCUT2D eigenvalue weighted by atomic mass is 19.4. The largest absolute Gasteiger partial charge is 0.433 e. The third kappa shape index (κ3) is 4.75. The summed E-state index contributed by atoms with van der Waals surface area (Å²) in [6.07, 6.45) is 4.19. The Kier molecular flexibility index (Phi) is 5.86. The van der Waals surface area contributed by atoms with Crippen molar-refractivity contribution in [3.63, 3.8) is 0 Å². The van der Waals surface area contributed by atoms with E-state index in [-0.39, 0.29) is 22.9 Å². The summed E-state index contributed by atoms with van der Waals surface area (Å²) in [6, 6.07) is 9.76. The monoisotopic (exact) mass is 489 g/mol. The quantitative estimate of drug-likeness (QED) is 0.395. The molecule has 0 aliphatic rings. The predicted molar refractivity (Wildman–Crippen MR) is 121 cm³/mol. The van der Waals surface area contributed by atoms with E-state index < -0.39 is 17.8 Å². The van der Waals surface area contributed by atoms with Crippen LogP contribution < -0.4 is 5.32 Å². The van der Waals surface area contributed by atoms with Crippen molar-refractivity contribution in [2.24, 2.45) is 0 Å². The Balaban J connectivity index is 1.39. The molecule has 36 heavy (non-hydrogen) atoms. The molecule has 0 spiro atoms. The maximum atomic E-state index is 13.7. The molecule has 0 atom stereocenters. The summed E-state index contributed by atoms with van der Waals surface area (Å²) in [7, 11) is 0. The van der Waals surface area contributed by atoms with Gasteiger partial charge in [0, 0.05) is 47.7 Å². The molecule has 0 radical (unpaired) electrons. The Morgan fingerprint density at radius 2 is 1.67 bits per heavy atom. The molecule has 0 saturated carbocycles. The number of carbonyl (C=O) groups is 1. The minimum atomic E-state index is -4.69. The zero-order valence-electron chi connectivity index (χ0n) is 18.1. The van der Waals surface area contributed by atoms with E-state index in [2.05, 4.69) is 40.5 Å². The van der Waals surface area contributed by atoms with Gasteiger partial charge in [0.2, 0.25) is 0 Å². The zero-order valence-corrected chi connectivity index (χ0v) is 18.1. The van der Waals surface area contributed by atoms with Gasteiger partial charge in [-0.2, -0.15) is 18.3 Å². The van der Waals surface area contributed by atoms with Crippen LogP contribution in [0.25, 0.3) is 28.3 Å². The number of halogens is 3. The topological polar surface area (TPSA) is 124 Å². The predicted octanol–water partition coefficient (Wildman–Crippen LogP) is 3.85. The van der Waals surface area contributed by atoms with Crippen LogP contribution in [0.15, 0.2) is 79.8 Å². The molecule has 0 aliphatic carbocycles. The SMILES string of the molecule is O=C(Nc1ccc(-n2nc(-c3cccnc3)cc2C(F)(F)F)nn1)c1ccnc(-c2cncnc2)c1. The number of hydrogen-bond donors (Lipinski definition) is 1. The van der Waals surface area contributed by atoms with Gasteiger partial charge in [0.15, 0.2) is 17.3 Å². The van der Waals surface area contributed by atoms with Gasteiger partial charge in [-0.25, -0.2) is 14.6 Å². The fourth-order valence-corrected chi connectivity index (χ4v) is 3.27. The molecule has 0 aromatic carbocycles. The van der Waals surface area contributed by atoms with Crippen molar-refractivity contribution in [3.05, 3.63) is 91.0 Å². The first-order valence-corrected chi connectivity index (χ1v) is 10.3. The van der Waals surface area contributed by atoms with E-state index >= 15 is 0 Å². The molecule has 5 rings (SSSR count). The van der Waals surface area contributed by atoms with Crippen molar-refractivity contribution in [1.29, 1.82) is 0 Å². The van der Waals surface area contributed by atoms with Crippen LogP contribution in [0.5, 0.6) is 0 Å². The van der Waals surface area contributed by atoms with Gasteiger partial charge in [-0.05, 0) is 42.5 Å². The van der Waals surface area contributed by atoms with E-state index in [0.29, 0.717) is 21.5 Å². The molecular weight excluding hydrogens is 475 g/mol. The van der Waals surface area contributed by atoms with Crippen molar-refractivity contribution in [1.82, 2.24) is 39.9 Å². The van der Waals surface area contributed by atoms with Gasteiger partial charge in [-0.3, -0.25) is 14.8 Å². The summed E-state index contributed by atoms with van der Waals surface area (Å²) in [5, 5.41) is 14.3. The highest BCUT2D eigenvalue weighted by Gasteiger charge is 2.37. The van der Waals surface area contributed by atoms with Crippen LogP contribution in [0.4, 0.5) is 19.0 Å². The third-order valence-corrected chi connectivity index (χ3v) is 4.94. The van der Waals surface area contributed by atoms with E-state index in [1.54, 1.807) is 30.6 Å². The number of alkyl halides is 3. The van der Waals surface area contributed by atoms with E-state index in [0.717, 1.165) is 6.07 Å². The molecule has 10 nitrogen and oxygen atoms in total. The van der Waals surface area contributed by atoms with Crippen LogP contribution in [0, 0.1) is 0 Å². The second-order valence-corrected chi connectivity index (χ2v) is 7.35. The summed E-state index contributed by atoms with van der Waals surface area (Å²) in [5.41, 5.74) is 0.863. The molecule has 5 aromatic heterocycles. The Morgan fingerprint density at radius 3 is 2.36 bits per heavy atom. The van der Waals surface area contributed by atoms with Gasteiger partial charge in [0.25, 0.3) is 5.91 Å². The summed E-state index contributed by atoms with van der Waals surface area (Å²) >= 11 is 0. The molecule has 0 aliphatic heterocycles. The maximum absolute atomic E-state index is 13.7. The van der Waals surface area contributed by atoms with Crippen LogP contribution in [-0.2, 0) is 6.18 Å².